The number of methoxy groups -OCH3 is 2. The molecule has 3 aromatic rings. The van der Waals surface area contributed by atoms with E-state index in [2.05, 4.69) is 15.4 Å². The quantitative estimate of drug-likeness (QED) is 0.335. The Morgan fingerprint density at radius 1 is 0.906 bits per heavy atom. The van der Waals surface area contributed by atoms with Crippen LogP contribution in [0.15, 0.2) is 67.0 Å². The SMILES string of the molecule is COCCN(CCOC)c1ncnc(NN(c2ccccc2)c2ccccc2)c1[N+](=O)[O-]. The molecule has 1 heterocycles. The fraction of sp³-hybridized carbons (Fsp3) is 0.273. The summed E-state index contributed by atoms with van der Waals surface area (Å²) in [5, 5.41) is 13.9. The lowest BCUT2D eigenvalue weighted by Crippen LogP contribution is -2.33. The van der Waals surface area contributed by atoms with Gasteiger partial charge in [0.2, 0.25) is 11.6 Å². The highest BCUT2D eigenvalue weighted by molar-refractivity contribution is 5.75. The minimum Gasteiger partial charge on any atom is -0.383 e. The van der Waals surface area contributed by atoms with E-state index in [9.17, 15) is 10.1 Å². The van der Waals surface area contributed by atoms with Crippen LogP contribution in [0, 0.1) is 10.1 Å². The average molecular weight is 438 g/mol. The fourth-order valence-corrected chi connectivity index (χ4v) is 3.12. The first-order chi connectivity index (χ1) is 15.7. The van der Waals surface area contributed by atoms with Gasteiger partial charge in [-0.1, -0.05) is 36.4 Å². The highest BCUT2D eigenvalue weighted by atomic mass is 16.6. The maximum atomic E-state index is 12.1. The Balaban J connectivity index is 2.04. The molecule has 32 heavy (non-hydrogen) atoms. The molecule has 10 nitrogen and oxygen atoms in total. The van der Waals surface area contributed by atoms with Gasteiger partial charge >= 0.3 is 5.69 Å². The van der Waals surface area contributed by atoms with E-state index in [0.717, 1.165) is 11.4 Å². The highest BCUT2D eigenvalue weighted by Crippen LogP contribution is 2.34. The van der Waals surface area contributed by atoms with Gasteiger partial charge in [0.15, 0.2) is 0 Å². The van der Waals surface area contributed by atoms with E-state index in [1.165, 1.54) is 6.33 Å². The molecule has 3 rings (SSSR count). The van der Waals surface area contributed by atoms with E-state index in [4.69, 9.17) is 9.47 Å². The summed E-state index contributed by atoms with van der Waals surface area (Å²) in [7, 11) is 3.15. The number of rotatable bonds is 12. The van der Waals surface area contributed by atoms with E-state index in [1.54, 1.807) is 24.1 Å². The zero-order valence-corrected chi connectivity index (χ0v) is 18.0. The van der Waals surface area contributed by atoms with Crippen molar-refractivity contribution in [2.45, 2.75) is 0 Å². The van der Waals surface area contributed by atoms with Gasteiger partial charge in [0.05, 0.1) is 29.5 Å². The molecule has 1 N–H and O–H groups in total. The third-order valence-corrected chi connectivity index (χ3v) is 4.66. The second-order valence-corrected chi connectivity index (χ2v) is 6.74. The minimum atomic E-state index is -0.474. The Labute approximate surface area is 186 Å². The van der Waals surface area contributed by atoms with Gasteiger partial charge in [0.25, 0.3) is 0 Å². The standard InChI is InChI=1S/C22H26N6O4/c1-31-15-13-26(14-16-32-2)22-20(28(29)30)21(23-17-24-22)25-27(18-9-5-3-6-10-18)19-11-7-4-8-12-19/h3-12,17H,13-16H2,1-2H3,(H,23,24,25). The molecule has 0 radical (unpaired) electrons. The lowest BCUT2D eigenvalue weighted by Gasteiger charge is -2.27. The van der Waals surface area contributed by atoms with Crippen molar-refractivity contribution < 1.29 is 14.4 Å². The molecule has 0 saturated carbocycles. The van der Waals surface area contributed by atoms with Crippen molar-refractivity contribution in [3.05, 3.63) is 77.1 Å². The number of benzene rings is 2. The first-order valence-corrected chi connectivity index (χ1v) is 10.0. The maximum absolute atomic E-state index is 12.1. The number of hydrogen-bond acceptors (Lipinski definition) is 9. The van der Waals surface area contributed by atoms with E-state index in [-0.39, 0.29) is 17.3 Å². The molecule has 0 fully saturated rings. The highest BCUT2D eigenvalue weighted by Gasteiger charge is 2.28. The average Bonchev–Trinajstić information content (AvgIpc) is 2.83. The van der Waals surface area contributed by atoms with Crippen molar-refractivity contribution in [3.8, 4) is 0 Å². The second-order valence-electron chi connectivity index (χ2n) is 6.74. The molecule has 0 aliphatic heterocycles. The molecule has 0 bridgehead atoms. The normalized spacial score (nSPS) is 10.6. The molecule has 0 saturated heterocycles. The molecule has 2 aromatic carbocycles. The minimum absolute atomic E-state index is 0.0764. The van der Waals surface area contributed by atoms with Gasteiger partial charge in [-0.15, -0.1) is 0 Å². The summed E-state index contributed by atoms with van der Waals surface area (Å²) in [4.78, 5) is 21.8. The number of nitrogens with zero attached hydrogens (tertiary/aromatic N) is 5. The Morgan fingerprint density at radius 2 is 1.44 bits per heavy atom. The topological polar surface area (TPSA) is 106 Å². The number of nitro groups is 1. The smallest absolute Gasteiger partial charge is 0.355 e. The Morgan fingerprint density at radius 3 is 1.91 bits per heavy atom. The maximum Gasteiger partial charge on any atom is 0.355 e. The summed E-state index contributed by atoms with van der Waals surface area (Å²) >= 11 is 0. The van der Waals surface area contributed by atoms with E-state index in [0.29, 0.717) is 26.3 Å². The number of hydrogen-bond donors (Lipinski definition) is 1. The summed E-state index contributed by atoms with van der Waals surface area (Å²) in [6.45, 7) is 1.60. The molecule has 0 amide bonds. The van der Waals surface area contributed by atoms with Crippen LogP contribution in [-0.2, 0) is 9.47 Å². The summed E-state index contributed by atoms with van der Waals surface area (Å²) < 4.78 is 10.3. The van der Waals surface area contributed by atoms with Crippen LogP contribution in [0.25, 0.3) is 0 Å². The second kappa shape index (κ2) is 11.6. The Bertz CT molecular complexity index is 943. The monoisotopic (exact) mass is 438 g/mol. The van der Waals surface area contributed by atoms with Crippen LogP contribution >= 0.6 is 0 Å². The van der Waals surface area contributed by atoms with Crippen LogP contribution in [0.5, 0.6) is 0 Å². The molecular weight excluding hydrogens is 412 g/mol. The Hall–Kier alpha value is -3.76. The van der Waals surface area contributed by atoms with Gasteiger partial charge in [-0.25, -0.2) is 9.97 Å². The van der Waals surface area contributed by atoms with Crippen molar-refractivity contribution in [1.29, 1.82) is 0 Å². The number of aromatic nitrogens is 2. The molecule has 168 valence electrons. The number of hydrazine groups is 1. The summed E-state index contributed by atoms with van der Waals surface area (Å²) in [6, 6.07) is 19.0. The predicted molar refractivity (Wildman–Crippen MR) is 123 cm³/mol. The van der Waals surface area contributed by atoms with Crippen molar-refractivity contribution >= 4 is 28.7 Å². The largest absolute Gasteiger partial charge is 0.383 e. The van der Waals surface area contributed by atoms with E-state index in [1.807, 2.05) is 60.7 Å². The van der Waals surface area contributed by atoms with Crippen LogP contribution in [0.2, 0.25) is 0 Å². The first-order valence-electron chi connectivity index (χ1n) is 10.0. The van der Waals surface area contributed by atoms with Crippen LogP contribution in [0.4, 0.5) is 28.7 Å². The number of ether oxygens (including phenoxy) is 2. The molecule has 10 heteroatoms. The molecule has 0 aliphatic carbocycles. The summed E-state index contributed by atoms with van der Waals surface area (Å²) in [5.41, 5.74) is 4.49. The first kappa shape index (κ1) is 22.9. The van der Waals surface area contributed by atoms with Crippen LogP contribution in [-0.4, -0.2) is 55.4 Å². The van der Waals surface area contributed by atoms with Gasteiger partial charge in [0.1, 0.15) is 6.33 Å². The fourth-order valence-electron chi connectivity index (χ4n) is 3.12. The molecule has 0 atom stereocenters. The van der Waals surface area contributed by atoms with Gasteiger partial charge in [0, 0.05) is 27.3 Å². The van der Waals surface area contributed by atoms with Gasteiger partial charge in [-0.05, 0) is 24.3 Å². The third kappa shape index (κ3) is 5.68. The number of anilines is 4. The van der Waals surface area contributed by atoms with Crippen molar-refractivity contribution in [2.75, 3.05) is 55.9 Å². The number of para-hydroxylation sites is 2. The third-order valence-electron chi connectivity index (χ3n) is 4.66. The lowest BCUT2D eigenvalue weighted by atomic mass is 10.2. The zero-order valence-electron chi connectivity index (χ0n) is 18.0. The molecule has 0 aliphatic rings. The van der Waals surface area contributed by atoms with E-state index < -0.39 is 4.92 Å². The Kier molecular flexibility index (Phi) is 8.29. The van der Waals surface area contributed by atoms with Crippen molar-refractivity contribution in [2.24, 2.45) is 0 Å². The lowest BCUT2D eigenvalue weighted by molar-refractivity contribution is -0.383. The van der Waals surface area contributed by atoms with Gasteiger partial charge in [-0.3, -0.25) is 20.5 Å². The summed E-state index contributed by atoms with van der Waals surface area (Å²) in [6.07, 6.45) is 1.31. The molecule has 1 aromatic heterocycles. The van der Waals surface area contributed by atoms with Crippen LogP contribution in [0.3, 0.4) is 0 Å². The number of nitrogens with one attached hydrogen (secondary N) is 1. The molecular formula is C22H26N6O4. The van der Waals surface area contributed by atoms with Crippen LogP contribution in [0.1, 0.15) is 0 Å². The summed E-state index contributed by atoms with van der Waals surface area (Å²) in [5.74, 6) is 0.273. The zero-order chi connectivity index (χ0) is 22.8. The van der Waals surface area contributed by atoms with Gasteiger partial charge in [-0.2, -0.15) is 0 Å². The van der Waals surface area contributed by atoms with Crippen molar-refractivity contribution in [3.63, 3.8) is 0 Å². The van der Waals surface area contributed by atoms with Crippen molar-refractivity contribution in [1.82, 2.24) is 9.97 Å². The molecule has 0 spiro atoms. The predicted octanol–water partition coefficient (Wildman–Crippen LogP) is 3.65. The van der Waals surface area contributed by atoms with E-state index >= 15 is 0 Å². The van der Waals surface area contributed by atoms with Gasteiger partial charge < -0.3 is 14.4 Å². The molecule has 0 unspecified atom stereocenters. The van der Waals surface area contributed by atoms with Crippen LogP contribution < -0.4 is 15.3 Å².